The van der Waals surface area contributed by atoms with E-state index >= 15 is 0 Å². The van der Waals surface area contributed by atoms with Gasteiger partial charge >= 0.3 is 0 Å². The van der Waals surface area contributed by atoms with Crippen molar-refractivity contribution in [2.75, 3.05) is 5.32 Å². The maximum absolute atomic E-state index is 14.4. The number of anilines is 1. The minimum Gasteiger partial charge on any atom is -0.307 e. The summed E-state index contributed by atoms with van der Waals surface area (Å²) in [7, 11) is -3.87. The Morgan fingerprint density at radius 2 is 1.71 bits per heavy atom. The molecule has 7 nitrogen and oxygen atoms in total. The van der Waals surface area contributed by atoms with Crippen LogP contribution in [0.1, 0.15) is 44.1 Å². The second kappa shape index (κ2) is 8.99. The number of rotatable bonds is 7. The summed E-state index contributed by atoms with van der Waals surface area (Å²) in [5, 5.41) is 7.21. The number of nitrogens with one attached hydrogen (secondary N) is 2. The molecular weight excluding hydrogens is 419 g/mol. The van der Waals surface area contributed by atoms with Gasteiger partial charge in [-0.3, -0.25) is 4.79 Å². The second-order valence-electron chi connectivity index (χ2n) is 7.69. The Kier molecular flexibility index (Phi) is 6.56. The molecule has 0 bridgehead atoms. The number of amides is 1. The maximum atomic E-state index is 14.4. The van der Waals surface area contributed by atoms with Gasteiger partial charge in [0.2, 0.25) is 10.0 Å². The molecule has 31 heavy (non-hydrogen) atoms. The van der Waals surface area contributed by atoms with Crippen molar-refractivity contribution in [1.29, 1.82) is 0 Å². The van der Waals surface area contributed by atoms with Crippen LogP contribution in [-0.4, -0.2) is 30.1 Å². The van der Waals surface area contributed by atoms with E-state index in [1.807, 2.05) is 44.2 Å². The third-order valence-electron chi connectivity index (χ3n) is 4.42. The SMILES string of the molecule is CC(C)NS(=O)(=O)c1ccc(F)c(C(=O)Nc2cc(-c3ccccc3)nn2C(C)C)c1. The number of hydrogen-bond acceptors (Lipinski definition) is 4. The topological polar surface area (TPSA) is 93.1 Å². The van der Waals surface area contributed by atoms with Gasteiger partial charge in [0.25, 0.3) is 5.91 Å². The number of carbonyl (C=O) groups excluding carboxylic acids is 1. The molecule has 9 heteroatoms. The van der Waals surface area contributed by atoms with E-state index in [1.165, 1.54) is 0 Å². The molecule has 0 fully saturated rings. The fourth-order valence-corrected chi connectivity index (χ4v) is 4.32. The van der Waals surface area contributed by atoms with Crippen LogP contribution in [-0.2, 0) is 10.0 Å². The van der Waals surface area contributed by atoms with Gasteiger partial charge in [-0.15, -0.1) is 0 Å². The molecule has 0 aliphatic carbocycles. The molecule has 1 amide bonds. The van der Waals surface area contributed by atoms with Gasteiger partial charge in [-0.1, -0.05) is 30.3 Å². The van der Waals surface area contributed by atoms with Crippen molar-refractivity contribution in [3.05, 3.63) is 66.0 Å². The highest BCUT2D eigenvalue weighted by molar-refractivity contribution is 7.89. The molecule has 0 aliphatic rings. The largest absolute Gasteiger partial charge is 0.307 e. The Labute approximate surface area is 181 Å². The molecule has 0 radical (unpaired) electrons. The van der Waals surface area contributed by atoms with Gasteiger partial charge in [0, 0.05) is 23.7 Å². The third kappa shape index (κ3) is 5.18. The van der Waals surface area contributed by atoms with Crippen LogP contribution in [0.25, 0.3) is 11.3 Å². The summed E-state index contributed by atoms with van der Waals surface area (Å²) in [6, 6.07) is 13.9. The average molecular weight is 445 g/mol. The first-order chi connectivity index (χ1) is 14.6. The van der Waals surface area contributed by atoms with Gasteiger partial charge in [-0.2, -0.15) is 5.10 Å². The van der Waals surface area contributed by atoms with E-state index in [1.54, 1.807) is 24.6 Å². The van der Waals surface area contributed by atoms with Crippen molar-refractivity contribution in [2.24, 2.45) is 0 Å². The van der Waals surface area contributed by atoms with Gasteiger partial charge in [0.1, 0.15) is 11.6 Å². The lowest BCUT2D eigenvalue weighted by Gasteiger charge is -2.13. The molecule has 0 spiro atoms. The number of hydrogen-bond donors (Lipinski definition) is 2. The summed E-state index contributed by atoms with van der Waals surface area (Å²) in [5.74, 6) is -1.20. The quantitative estimate of drug-likeness (QED) is 0.571. The Balaban J connectivity index is 1.95. The minimum atomic E-state index is -3.87. The third-order valence-corrected chi connectivity index (χ3v) is 6.08. The number of sulfonamides is 1. The molecular formula is C22H25FN4O3S. The lowest BCUT2D eigenvalue weighted by atomic mass is 10.1. The predicted molar refractivity (Wildman–Crippen MR) is 118 cm³/mol. The fraction of sp³-hybridized carbons (Fsp3) is 0.273. The molecule has 0 saturated heterocycles. The molecule has 1 aromatic heterocycles. The molecule has 2 aromatic carbocycles. The number of benzene rings is 2. The molecule has 0 aliphatic heterocycles. The highest BCUT2D eigenvalue weighted by Crippen LogP contribution is 2.25. The number of aromatic nitrogens is 2. The summed E-state index contributed by atoms with van der Waals surface area (Å²) >= 11 is 0. The Bertz CT molecular complexity index is 1190. The molecule has 164 valence electrons. The van der Waals surface area contributed by atoms with E-state index in [9.17, 15) is 17.6 Å². The summed E-state index contributed by atoms with van der Waals surface area (Å²) in [5.41, 5.74) is 1.16. The summed E-state index contributed by atoms with van der Waals surface area (Å²) in [6.07, 6.45) is 0. The summed E-state index contributed by atoms with van der Waals surface area (Å²) < 4.78 is 43.3. The monoisotopic (exact) mass is 444 g/mol. The normalized spacial score (nSPS) is 11.8. The van der Waals surface area contributed by atoms with Crippen molar-refractivity contribution in [1.82, 2.24) is 14.5 Å². The first kappa shape index (κ1) is 22.6. The zero-order valence-electron chi connectivity index (χ0n) is 17.8. The zero-order valence-corrected chi connectivity index (χ0v) is 18.6. The number of nitrogens with zero attached hydrogens (tertiary/aromatic N) is 2. The summed E-state index contributed by atoms with van der Waals surface area (Å²) in [4.78, 5) is 12.7. The van der Waals surface area contributed by atoms with E-state index in [0.717, 1.165) is 23.8 Å². The fourth-order valence-electron chi connectivity index (χ4n) is 3.04. The van der Waals surface area contributed by atoms with Gasteiger partial charge in [-0.25, -0.2) is 22.2 Å². The van der Waals surface area contributed by atoms with Crippen LogP contribution in [0, 0.1) is 5.82 Å². The smallest absolute Gasteiger partial charge is 0.259 e. The highest BCUT2D eigenvalue weighted by atomic mass is 32.2. The lowest BCUT2D eigenvalue weighted by Crippen LogP contribution is -2.30. The molecule has 3 rings (SSSR count). The van der Waals surface area contributed by atoms with Crippen LogP contribution in [0.15, 0.2) is 59.5 Å². The van der Waals surface area contributed by atoms with Crippen molar-refractivity contribution in [2.45, 2.75) is 44.7 Å². The Morgan fingerprint density at radius 3 is 2.32 bits per heavy atom. The molecule has 0 atom stereocenters. The first-order valence-electron chi connectivity index (χ1n) is 9.86. The summed E-state index contributed by atoms with van der Waals surface area (Å²) in [6.45, 7) is 7.16. The van der Waals surface area contributed by atoms with Crippen molar-refractivity contribution in [3.8, 4) is 11.3 Å². The van der Waals surface area contributed by atoms with E-state index in [0.29, 0.717) is 11.5 Å². The lowest BCUT2D eigenvalue weighted by molar-refractivity contribution is 0.102. The predicted octanol–water partition coefficient (Wildman–Crippen LogP) is 4.21. The van der Waals surface area contributed by atoms with Crippen LogP contribution in [0.2, 0.25) is 0 Å². The van der Waals surface area contributed by atoms with Crippen molar-refractivity contribution < 1.29 is 17.6 Å². The second-order valence-corrected chi connectivity index (χ2v) is 9.40. The van der Waals surface area contributed by atoms with Crippen LogP contribution >= 0.6 is 0 Å². The van der Waals surface area contributed by atoms with E-state index in [4.69, 9.17) is 0 Å². The minimum absolute atomic E-state index is 0.0698. The van der Waals surface area contributed by atoms with E-state index in [2.05, 4.69) is 15.1 Å². The van der Waals surface area contributed by atoms with Gasteiger partial charge in [0.15, 0.2) is 0 Å². The van der Waals surface area contributed by atoms with E-state index in [-0.39, 0.29) is 22.5 Å². The zero-order chi connectivity index (χ0) is 22.8. The van der Waals surface area contributed by atoms with Crippen LogP contribution < -0.4 is 10.0 Å². The Morgan fingerprint density at radius 1 is 1.03 bits per heavy atom. The molecule has 2 N–H and O–H groups in total. The first-order valence-corrected chi connectivity index (χ1v) is 11.3. The molecule has 1 heterocycles. The number of halogens is 1. The molecule has 0 unspecified atom stereocenters. The maximum Gasteiger partial charge on any atom is 0.259 e. The Hall–Kier alpha value is -3.04. The van der Waals surface area contributed by atoms with Gasteiger partial charge in [0.05, 0.1) is 16.2 Å². The highest BCUT2D eigenvalue weighted by Gasteiger charge is 2.22. The van der Waals surface area contributed by atoms with Crippen LogP contribution in [0.5, 0.6) is 0 Å². The standard InChI is InChI=1S/C22H25FN4O3S/c1-14(2)26-31(29,30)17-10-11-19(23)18(12-17)22(28)24-21-13-20(25-27(21)15(3)4)16-8-6-5-7-9-16/h5-15,26H,1-4H3,(H,24,28). The van der Waals surface area contributed by atoms with Gasteiger partial charge < -0.3 is 5.32 Å². The molecule has 0 saturated carbocycles. The molecule has 3 aromatic rings. The van der Waals surface area contributed by atoms with E-state index < -0.39 is 21.7 Å². The van der Waals surface area contributed by atoms with Crippen molar-refractivity contribution in [3.63, 3.8) is 0 Å². The average Bonchev–Trinajstić information content (AvgIpc) is 3.12. The van der Waals surface area contributed by atoms with Crippen molar-refractivity contribution >= 4 is 21.7 Å². The van der Waals surface area contributed by atoms with Crippen LogP contribution in [0.4, 0.5) is 10.2 Å². The van der Waals surface area contributed by atoms with Gasteiger partial charge in [-0.05, 0) is 45.9 Å². The number of carbonyl (C=O) groups is 1. The van der Waals surface area contributed by atoms with Crippen LogP contribution in [0.3, 0.4) is 0 Å².